The van der Waals surface area contributed by atoms with Gasteiger partial charge in [0.05, 0.1) is 0 Å². The molecule has 3 fully saturated rings. The van der Waals surface area contributed by atoms with Crippen molar-refractivity contribution in [2.24, 2.45) is 5.92 Å². The molecule has 7 heteroatoms. The molecule has 0 aromatic heterocycles. The highest BCUT2D eigenvalue weighted by Gasteiger charge is 2.43. The van der Waals surface area contributed by atoms with Crippen LogP contribution >= 0.6 is 0 Å². The summed E-state index contributed by atoms with van der Waals surface area (Å²) in [6.45, 7) is 2.84. The number of nitrogens with zero attached hydrogens (tertiary/aromatic N) is 2. The Morgan fingerprint density at radius 3 is 2.21 bits per heavy atom. The van der Waals surface area contributed by atoms with Crippen molar-refractivity contribution >= 4 is 22.5 Å². The number of piperazine rings is 1. The van der Waals surface area contributed by atoms with Crippen LogP contribution in [0.25, 0.3) is 0 Å². The second kappa shape index (κ2) is 6.37. The number of thiol groups is 1. The first-order valence-corrected chi connectivity index (χ1v) is 9.84. The van der Waals surface area contributed by atoms with Gasteiger partial charge in [0.2, 0.25) is 10.9 Å². The molecule has 0 spiro atoms. The second-order valence-electron chi connectivity index (χ2n) is 7.18. The summed E-state index contributed by atoms with van der Waals surface area (Å²) in [5.74, 6) is 0.943. The number of amides is 1. The molecule has 1 N–H and O–H groups in total. The Bertz CT molecular complexity index is 678. The number of likely N-dealkylation sites (tertiary alicyclic amines) is 1. The summed E-state index contributed by atoms with van der Waals surface area (Å²) in [6, 6.07) is 7.69. The highest BCUT2D eigenvalue weighted by Crippen LogP contribution is 2.37. The fraction of sp³-hybridized carbons (Fsp3) is 0.588. The largest absolute Gasteiger partial charge is 0.336 e. The van der Waals surface area contributed by atoms with E-state index in [2.05, 4.69) is 9.62 Å². The minimum Gasteiger partial charge on any atom is -0.336 e. The van der Waals surface area contributed by atoms with Gasteiger partial charge >= 0.3 is 0 Å². The van der Waals surface area contributed by atoms with Gasteiger partial charge in [-0.2, -0.15) is 0 Å². The van der Waals surface area contributed by atoms with Crippen molar-refractivity contribution in [2.75, 3.05) is 24.4 Å². The maximum atomic E-state index is 12.8. The molecule has 24 heavy (non-hydrogen) atoms. The van der Waals surface area contributed by atoms with Crippen LogP contribution < -0.4 is 4.72 Å². The van der Waals surface area contributed by atoms with Gasteiger partial charge in [0.1, 0.15) is 0 Å². The van der Waals surface area contributed by atoms with E-state index in [-0.39, 0.29) is 5.91 Å². The van der Waals surface area contributed by atoms with Crippen molar-refractivity contribution in [1.82, 2.24) is 9.80 Å². The van der Waals surface area contributed by atoms with Crippen molar-refractivity contribution in [3.05, 3.63) is 29.8 Å². The van der Waals surface area contributed by atoms with Crippen molar-refractivity contribution < 1.29 is 13.2 Å². The van der Waals surface area contributed by atoms with Gasteiger partial charge in [0, 0.05) is 43.0 Å². The maximum absolute atomic E-state index is 12.8. The second-order valence-corrected chi connectivity index (χ2v) is 7.92. The molecule has 3 aliphatic rings. The maximum Gasteiger partial charge on any atom is 0.253 e. The number of carbonyl (C=O) groups is 1. The fourth-order valence-electron chi connectivity index (χ4n) is 4.03. The van der Waals surface area contributed by atoms with E-state index in [1.807, 2.05) is 4.90 Å². The average molecular weight is 349 g/mol. The van der Waals surface area contributed by atoms with E-state index in [0.717, 1.165) is 19.0 Å². The molecular formula is C17H23N3O3S. The standard InChI is InChI=1S/C17H23N3O3S/c21-17(13-3-5-14(6-4-13)18-24(22)23)19-10-15-7-8-16(11-19)20(15)9-12-1-2-12/h3-6,12,15-16,24H,1-2,7-11H2,(H,18,22,23). The van der Waals surface area contributed by atoms with E-state index < -0.39 is 10.9 Å². The molecule has 2 unspecified atom stereocenters. The SMILES string of the molecule is O=C(c1ccc(N[SH](=O)=O)cc1)N1CC2CCC(C1)N2CC1CC1. The zero-order chi connectivity index (χ0) is 16.7. The summed E-state index contributed by atoms with van der Waals surface area (Å²) >= 11 is 0. The van der Waals surface area contributed by atoms with Crippen LogP contribution in [0.4, 0.5) is 5.69 Å². The average Bonchev–Trinajstić information content (AvgIpc) is 3.33. The topological polar surface area (TPSA) is 69.7 Å². The molecule has 6 nitrogen and oxygen atoms in total. The molecule has 2 saturated heterocycles. The summed E-state index contributed by atoms with van der Waals surface area (Å²) < 4.78 is 23.7. The Morgan fingerprint density at radius 1 is 1.04 bits per heavy atom. The lowest BCUT2D eigenvalue weighted by Crippen LogP contribution is -2.55. The number of carbonyl (C=O) groups excluding carboxylic acids is 1. The molecule has 1 saturated carbocycles. The van der Waals surface area contributed by atoms with Crippen molar-refractivity contribution in [2.45, 2.75) is 37.8 Å². The Morgan fingerprint density at radius 2 is 1.67 bits per heavy atom. The number of hydrogen-bond acceptors (Lipinski definition) is 4. The van der Waals surface area contributed by atoms with Gasteiger partial charge in [-0.3, -0.25) is 14.4 Å². The lowest BCUT2D eigenvalue weighted by atomic mass is 10.1. The van der Waals surface area contributed by atoms with Crippen LogP contribution in [-0.4, -0.2) is 55.8 Å². The molecule has 1 amide bonds. The normalized spacial score (nSPS) is 26.8. The number of benzene rings is 1. The molecule has 130 valence electrons. The number of nitrogens with one attached hydrogen (secondary N) is 1. The minimum atomic E-state index is -2.68. The summed E-state index contributed by atoms with van der Waals surface area (Å²) in [7, 11) is -2.68. The van der Waals surface area contributed by atoms with Gasteiger partial charge in [0.25, 0.3) is 5.91 Å². The summed E-state index contributed by atoms with van der Waals surface area (Å²) in [5, 5.41) is 0. The predicted octanol–water partition coefficient (Wildman–Crippen LogP) is 1.32. The molecule has 1 aromatic rings. The quantitative estimate of drug-likeness (QED) is 0.787. The molecule has 2 heterocycles. The first kappa shape index (κ1) is 15.9. The predicted molar refractivity (Wildman–Crippen MR) is 92.5 cm³/mol. The highest BCUT2D eigenvalue weighted by atomic mass is 32.2. The van der Waals surface area contributed by atoms with Crippen molar-refractivity contribution in [1.29, 1.82) is 0 Å². The zero-order valence-electron chi connectivity index (χ0n) is 13.6. The van der Waals surface area contributed by atoms with E-state index in [4.69, 9.17) is 0 Å². The first-order valence-electron chi connectivity index (χ1n) is 8.66. The molecule has 2 atom stereocenters. The molecule has 4 rings (SSSR count). The number of hydrogen-bond donors (Lipinski definition) is 2. The molecule has 2 bridgehead atoms. The summed E-state index contributed by atoms with van der Waals surface area (Å²) in [4.78, 5) is 17.4. The smallest absolute Gasteiger partial charge is 0.253 e. The Balaban J connectivity index is 1.42. The molecule has 2 aliphatic heterocycles. The van der Waals surface area contributed by atoms with Gasteiger partial charge in [0.15, 0.2) is 0 Å². The third kappa shape index (κ3) is 3.28. The third-order valence-electron chi connectivity index (χ3n) is 5.44. The molecule has 1 aliphatic carbocycles. The van der Waals surface area contributed by atoms with E-state index >= 15 is 0 Å². The first-order chi connectivity index (χ1) is 11.6. The minimum absolute atomic E-state index is 0.0519. The Hall–Kier alpha value is -1.60. The van der Waals surface area contributed by atoms with Crippen LogP contribution in [0.5, 0.6) is 0 Å². The number of fused-ring (bicyclic) bond motifs is 2. The van der Waals surface area contributed by atoms with Crippen LogP contribution in [0.2, 0.25) is 0 Å². The molecular weight excluding hydrogens is 326 g/mol. The van der Waals surface area contributed by atoms with Gasteiger partial charge in [-0.1, -0.05) is 0 Å². The number of anilines is 1. The summed E-state index contributed by atoms with van der Waals surface area (Å²) in [5.41, 5.74) is 1.11. The van der Waals surface area contributed by atoms with E-state index in [9.17, 15) is 13.2 Å². The monoisotopic (exact) mass is 349 g/mol. The van der Waals surface area contributed by atoms with E-state index in [1.54, 1.807) is 24.3 Å². The Kier molecular flexibility index (Phi) is 4.22. The van der Waals surface area contributed by atoms with Gasteiger partial charge in [-0.05, 0) is 55.9 Å². The zero-order valence-corrected chi connectivity index (χ0v) is 14.5. The van der Waals surface area contributed by atoms with E-state index in [0.29, 0.717) is 23.3 Å². The lowest BCUT2D eigenvalue weighted by molar-refractivity contribution is 0.0435. The van der Waals surface area contributed by atoms with E-state index in [1.165, 1.54) is 32.2 Å². The third-order valence-corrected chi connectivity index (χ3v) is 5.88. The summed E-state index contributed by atoms with van der Waals surface area (Å²) in [6.07, 6.45) is 5.13. The van der Waals surface area contributed by atoms with Crippen LogP contribution in [0, 0.1) is 5.92 Å². The van der Waals surface area contributed by atoms with Crippen molar-refractivity contribution in [3.63, 3.8) is 0 Å². The van der Waals surface area contributed by atoms with Crippen LogP contribution in [0.15, 0.2) is 24.3 Å². The molecule has 1 aromatic carbocycles. The van der Waals surface area contributed by atoms with Gasteiger partial charge < -0.3 is 4.90 Å². The number of rotatable bonds is 5. The van der Waals surface area contributed by atoms with Crippen molar-refractivity contribution in [3.8, 4) is 0 Å². The lowest BCUT2D eigenvalue weighted by Gasteiger charge is -2.41. The van der Waals surface area contributed by atoms with Gasteiger partial charge in [-0.15, -0.1) is 0 Å². The van der Waals surface area contributed by atoms with Crippen LogP contribution in [-0.2, 0) is 10.9 Å². The van der Waals surface area contributed by atoms with Crippen LogP contribution in [0.3, 0.4) is 0 Å². The fourth-order valence-corrected chi connectivity index (χ4v) is 4.39. The molecule has 0 radical (unpaired) electrons. The Labute approximate surface area is 143 Å². The van der Waals surface area contributed by atoms with Crippen LogP contribution in [0.1, 0.15) is 36.0 Å². The highest BCUT2D eigenvalue weighted by molar-refractivity contribution is 7.73. The van der Waals surface area contributed by atoms with Gasteiger partial charge in [-0.25, -0.2) is 8.42 Å².